The van der Waals surface area contributed by atoms with Crippen molar-refractivity contribution in [2.24, 2.45) is 5.41 Å². The summed E-state index contributed by atoms with van der Waals surface area (Å²) < 4.78 is 0. The van der Waals surface area contributed by atoms with E-state index in [0.29, 0.717) is 19.5 Å². The third-order valence-electron chi connectivity index (χ3n) is 6.51. The summed E-state index contributed by atoms with van der Waals surface area (Å²) in [5, 5.41) is 3.49. The summed E-state index contributed by atoms with van der Waals surface area (Å²) >= 11 is 0. The Morgan fingerprint density at radius 2 is 1.93 bits per heavy atom. The van der Waals surface area contributed by atoms with E-state index >= 15 is 0 Å². The van der Waals surface area contributed by atoms with Gasteiger partial charge in [-0.1, -0.05) is 30.3 Å². The molecular weight excluding hydrogens is 340 g/mol. The van der Waals surface area contributed by atoms with Crippen molar-refractivity contribution in [2.45, 2.75) is 25.3 Å². The van der Waals surface area contributed by atoms with Crippen molar-refractivity contribution in [1.29, 1.82) is 0 Å². The van der Waals surface area contributed by atoms with Crippen molar-refractivity contribution in [3.05, 3.63) is 35.9 Å². The first-order chi connectivity index (χ1) is 13.0. The molecule has 4 rings (SSSR count). The van der Waals surface area contributed by atoms with Gasteiger partial charge in [0.05, 0.1) is 6.54 Å². The number of piperazine rings is 1. The molecule has 6 heteroatoms. The molecule has 3 fully saturated rings. The molecular formula is C21H30N4O2. The zero-order valence-electron chi connectivity index (χ0n) is 16.2. The van der Waals surface area contributed by atoms with Crippen LogP contribution in [0.25, 0.3) is 0 Å². The third-order valence-corrected chi connectivity index (χ3v) is 6.51. The number of hydrogen-bond donors (Lipinski definition) is 1. The second-order valence-corrected chi connectivity index (χ2v) is 8.49. The van der Waals surface area contributed by atoms with Crippen molar-refractivity contribution in [2.75, 3.05) is 52.9 Å². The average Bonchev–Trinajstić information content (AvgIpc) is 3.00. The molecule has 0 saturated carbocycles. The van der Waals surface area contributed by atoms with Gasteiger partial charge >= 0.3 is 0 Å². The van der Waals surface area contributed by atoms with Gasteiger partial charge in [-0.15, -0.1) is 0 Å². The number of carbonyl (C=O) groups is 2. The van der Waals surface area contributed by atoms with Gasteiger partial charge in [0.2, 0.25) is 11.8 Å². The van der Waals surface area contributed by atoms with E-state index in [2.05, 4.69) is 29.4 Å². The van der Waals surface area contributed by atoms with Gasteiger partial charge in [0.1, 0.15) is 0 Å². The number of piperidine rings is 1. The van der Waals surface area contributed by atoms with Gasteiger partial charge < -0.3 is 20.0 Å². The first-order valence-corrected chi connectivity index (χ1v) is 10.1. The van der Waals surface area contributed by atoms with E-state index in [0.717, 1.165) is 39.0 Å². The van der Waals surface area contributed by atoms with Gasteiger partial charge in [-0.25, -0.2) is 0 Å². The summed E-state index contributed by atoms with van der Waals surface area (Å²) in [4.78, 5) is 31.5. The van der Waals surface area contributed by atoms with Crippen LogP contribution in [0.2, 0.25) is 0 Å². The van der Waals surface area contributed by atoms with E-state index in [4.69, 9.17) is 0 Å². The topological polar surface area (TPSA) is 55.9 Å². The second kappa shape index (κ2) is 7.60. The van der Waals surface area contributed by atoms with Crippen molar-refractivity contribution in [1.82, 2.24) is 20.0 Å². The Hall–Kier alpha value is -1.92. The molecule has 3 aliphatic heterocycles. The highest BCUT2D eigenvalue weighted by molar-refractivity contribution is 5.86. The molecule has 3 aliphatic rings. The SMILES string of the molecule is CN1CCC2(CC1)CC(=O)N(CC(=O)N1CCN[C@@H](c3ccccc3)C1)C2. The van der Waals surface area contributed by atoms with Crippen LogP contribution in [0.4, 0.5) is 0 Å². The molecule has 0 unspecified atom stereocenters. The van der Waals surface area contributed by atoms with Crippen LogP contribution < -0.4 is 5.32 Å². The smallest absolute Gasteiger partial charge is 0.242 e. The fourth-order valence-electron chi connectivity index (χ4n) is 4.70. The molecule has 6 nitrogen and oxygen atoms in total. The van der Waals surface area contributed by atoms with Crippen LogP contribution in [0.15, 0.2) is 30.3 Å². The zero-order valence-corrected chi connectivity index (χ0v) is 16.2. The molecule has 1 spiro atoms. The molecule has 27 heavy (non-hydrogen) atoms. The maximum absolute atomic E-state index is 12.9. The van der Waals surface area contributed by atoms with Crippen LogP contribution in [0, 0.1) is 5.41 Å². The highest BCUT2D eigenvalue weighted by Gasteiger charge is 2.45. The van der Waals surface area contributed by atoms with Crippen LogP contribution in [-0.2, 0) is 9.59 Å². The first-order valence-electron chi connectivity index (χ1n) is 10.1. The summed E-state index contributed by atoms with van der Waals surface area (Å²) in [6.07, 6.45) is 2.73. The van der Waals surface area contributed by atoms with Crippen molar-refractivity contribution in [3.8, 4) is 0 Å². The lowest BCUT2D eigenvalue weighted by atomic mass is 9.78. The fourth-order valence-corrected chi connectivity index (χ4v) is 4.70. The number of amides is 2. The van der Waals surface area contributed by atoms with E-state index in [9.17, 15) is 9.59 Å². The summed E-state index contributed by atoms with van der Waals surface area (Å²) in [6.45, 7) is 5.24. The summed E-state index contributed by atoms with van der Waals surface area (Å²) in [6, 6.07) is 10.4. The molecule has 1 N–H and O–H groups in total. The van der Waals surface area contributed by atoms with E-state index < -0.39 is 0 Å². The van der Waals surface area contributed by atoms with E-state index in [1.165, 1.54) is 5.56 Å². The number of hydrogen-bond acceptors (Lipinski definition) is 4. The zero-order chi connectivity index (χ0) is 18.9. The van der Waals surface area contributed by atoms with Gasteiger partial charge in [-0.2, -0.15) is 0 Å². The molecule has 1 atom stereocenters. The lowest BCUT2D eigenvalue weighted by Gasteiger charge is -2.37. The van der Waals surface area contributed by atoms with E-state index in [1.807, 2.05) is 28.0 Å². The number of nitrogens with one attached hydrogen (secondary N) is 1. The van der Waals surface area contributed by atoms with Crippen LogP contribution in [0.1, 0.15) is 30.9 Å². The second-order valence-electron chi connectivity index (χ2n) is 8.49. The normalized spacial score (nSPS) is 26.0. The maximum atomic E-state index is 12.9. The number of rotatable bonds is 3. The molecule has 1 aromatic carbocycles. The van der Waals surface area contributed by atoms with Gasteiger partial charge in [0, 0.05) is 38.6 Å². The highest BCUT2D eigenvalue weighted by atomic mass is 16.2. The van der Waals surface area contributed by atoms with Crippen molar-refractivity contribution in [3.63, 3.8) is 0 Å². The minimum absolute atomic E-state index is 0.0794. The van der Waals surface area contributed by atoms with Crippen LogP contribution >= 0.6 is 0 Å². The predicted octanol–water partition coefficient (Wildman–Crippen LogP) is 1.10. The Balaban J connectivity index is 1.35. The third kappa shape index (κ3) is 4.01. The summed E-state index contributed by atoms with van der Waals surface area (Å²) in [5.74, 6) is 0.235. The Bertz CT molecular complexity index is 685. The first kappa shape index (κ1) is 18.4. The lowest BCUT2D eigenvalue weighted by molar-refractivity contribution is -0.139. The number of carbonyl (C=O) groups excluding carboxylic acids is 2. The molecule has 0 bridgehead atoms. The Morgan fingerprint density at radius 1 is 1.19 bits per heavy atom. The van der Waals surface area contributed by atoms with E-state index in [-0.39, 0.29) is 29.8 Å². The lowest BCUT2D eigenvalue weighted by Crippen LogP contribution is -2.51. The largest absolute Gasteiger partial charge is 0.338 e. The van der Waals surface area contributed by atoms with Crippen LogP contribution in [0.5, 0.6) is 0 Å². The predicted molar refractivity (Wildman–Crippen MR) is 104 cm³/mol. The minimum atomic E-state index is 0.0794. The fraction of sp³-hybridized carbons (Fsp3) is 0.619. The Kier molecular flexibility index (Phi) is 5.19. The molecule has 146 valence electrons. The van der Waals surface area contributed by atoms with Crippen LogP contribution in [-0.4, -0.2) is 79.4 Å². The van der Waals surface area contributed by atoms with Gasteiger partial charge in [-0.3, -0.25) is 9.59 Å². The molecule has 3 saturated heterocycles. The number of benzene rings is 1. The Morgan fingerprint density at radius 3 is 2.67 bits per heavy atom. The van der Waals surface area contributed by atoms with Gasteiger partial charge in [0.25, 0.3) is 0 Å². The minimum Gasteiger partial charge on any atom is -0.338 e. The molecule has 2 amide bonds. The highest BCUT2D eigenvalue weighted by Crippen LogP contribution is 2.40. The van der Waals surface area contributed by atoms with Gasteiger partial charge in [-0.05, 0) is 44.0 Å². The standard InChI is InChI=1S/C21H30N4O2/c1-23-10-7-21(8-11-23)13-19(26)25(16-21)15-20(27)24-12-9-22-18(14-24)17-5-3-2-4-6-17/h2-6,18,22H,7-16H2,1H3/t18-/m1/s1. The molecule has 0 radical (unpaired) electrons. The average molecular weight is 370 g/mol. The quantitative estimate of drug-likeness (QED) is 0.866. The molecule has 0 aromatic heterocycles. The monoisotopic (exact) mass is 370 g/mol. The van der Waals surface area contributed by atoms with Crippen LogP contribution in [0.3, 0.4) is 0 Å². The van der Waals surface area contributed by atoms with Crippen molar-refractivity contribution >= 4 is 11.8 Å². The Labute approximate surface area is 161 Å². The molecule has 1 aromatic rings. The summed E-state index contributed by atoms with van der Waals surface area (Å²) in [7, 11) is 2.14. The molecule has 0 aliphatic carbocycles. The molecule has 3 heterocycles. The van der Waals surface area contributed by atoms with Gasteiger partial charge in [0.15, 0.2) is 0 Å². The maximum Gasteiger partial charge on any atom is 0.242 e. The van der Waals surface area contributed by atoms with E-state index in [1.54, 1.807) is 0 Å². The van der Waals surface area contributed by atoms with Crippen molar-refractivity contribution < 1.29 is 9.59 Å². The number of likely N-dealkylation sites (tertiary alicyclic amines) is 2. The summed E-state index contributed by atoms with van der Waals surface area (Å²) in [5.41, 5.74) is 1.30. The number of nitrogens with zero attached hydrogens (tertiary/aromatic N) is 3.